The number of nitrogens with two attached hydrogens (primary N) is 1. The fourth-order valence-electron chi connectivity index (χ4n) is 1.13. The monoisotopic (exact) mass is 315 g/mol. The number of rotatable bonds is 7. The van der Waals surface area contributed by atoms with E-state index >= 15 is 0 Å². The van der Waals surface area contributed by atoms with E-state index in [1.54, 1.807) is 0 Å². The first-order valence-electron chi connectivity index (χ1n) is 4.56. The molecule has 0 fully saturated rings. The van der Waals surface area contributed by atoms with E-state index < -0.39 is 26.7 Å². The Morgan fingerprint density at radius 2 is 1.47 bits per heavy atom. The van der Waals surface area contributed by atoms with Crippen molar-refractivity contribution < 1.29 is 33.8 Å². The van der Waals surface area contributed by atoms with Crippen LogP contribution in [0.25, 0.3) is 0 Å². The Labute approximate surface area is 129 Å². The summed E-state index contributed by atoms with van der Waals surface area (Å²) in [6.45, 7) is 0.334. The Bertz CT molecular complexity index is 291. The SMILES string of the molecule is NCCCCCC(O)(P(=O)([O-])O)P(=O)([O-])O.[Ca+2]. The summed E-state index contributed by atoms with van der Waals surface area (Å²) in [7, 11) is -11.2. The van der Waals surface area contributed by atoms with Crippen LogP contribution in [0.1, 0.15) is 25.7 Å². The van der Waals surface area contributed by atoms with E-state index in [2.05, 4.69) is 0 Å². The van der Waals surface area contributed by atoms with E-state index in [1.807, 2.05) is 0 Å². The van der Waals surface area contributed by atoms with Crippen molar-refractivity contribution in [1.29, 1.82) is 0 Å². The van der Waals surface area contributed by atoms with Crippen molar-refractivity contribution in [1.82, 2.24) is 0 Å². The molecule has 0 aromatic rings. The molecule has 0 amide bonds. The van der Waals surface area contributed by atoms with Gasteiger partial charge in [0.25, 0.3) is 0 Å². The van der Waals surface area contributed by atoms with Gasteiger partial charge in [0.1, 0.15) is 0 Å². The fourth-order valence-corrected chi connectivity index (χ4v) is 3.28. The van der Waals surface area contributed by atoms with Crippen LogP contribution in [-0.2, 0) is 9.13 Å². The van der Waals surface area contributed by atoms with E-state index in [4.69, 9.17) is 15.5 Å². The third-order valence-electron chi connectivity index (χ3n) is 2.12. The zero-order valence-electron chi connectivity index (χ0n) is 9.19. The van der Waals surface area contributed by atoms with Crippen LogP contribution in [0.4, 0.5) is 0 Å². The molecule has 0 saturated carbocycles. The Morgan fingerprint density at radius 1 is 1.06 bits per heavy atom. The molecule has 2 unspecified atom stereocenters. The second-order valence-electron chi connectivity index (χ2n) is 3.41. The third kappa shape index (κ3) is 5.97. The molecule has 0 aromatic carbocycles. The molecule has 17 heavy (non-hydrogen) atoms. The van der Waals surface area contributed by atoms with Gasteiger partial charge in [-0.25, -0.2) is 0 Å². The van der Waals surface area contributed by atoms with Gasteiger partial charge in [-0.2, -0.15) is 0 Å². The average molecular weight is 315 g/mol. The van der Waals surface area contributed by atoms with Crippen LogP contribution in [0.3, 0.4) is 0 Å². The van der Waals surface area contributed by atoms with Gasteiger partial charge < -0.3 is 39.5 Å². The van der Waals surface area contributed by atoms with Gasteiger partial charge in [-0.15, -0.1) is 0 Å². The summed E-state index contributed by atoms with van der Waals surface area (Å²) in [6, 6.07) is 0. The van der Waals surface area contributed by atoms with Crippen LogP contribution in [0.15, 0.2) is 0 Å². The first-order valence-corrected chi connectivity index (χ1v) is 7.72. The summed E-state index contributed by atoms with van der Waals surface area (Å²) in [4.78, 5) is 38.7. The number of unbranched alkanes of at least 4 members (excludes halogenated alkanes) is 2. The van der Waals surface area contributed by atoms with Gasteiger partial charge in [0.15, 0.2) is 20.3 Å². The molecule has 0 aliphatic heterocycles. The van der Waals surface area contributed by atoms with Crippen molar-refractivity contribution in [2.75, 3.05) is 6.54 Å². The van der Waals surface area contributed by atoms with Crippen molar-refractivity contribution in [2.24, 2.45) is 5.73 Å². The van der Waals surface area contributed by atoms with Crippen molar-refractivity contribution in [2.45, 2.75) is 30.8 Å². The van der Waals surface area contributed by atoms with E-state index in [-0.39, 0.29) is 44.2 Å². The van der Waals surface area contributed by atoms with Crippen molar-refractivity contribution in [3.63, 3.8) is 0 Å². The minimum absolute atomic E-state index is 0. The minimum atomic E-state index is -5.61. The molecule has 0 aliphatic rings. The van der Waals surface area contributed by atoms with Crippen molar-refractivity contribution in [3.8, 4) is 0 Å². The molecule has 5 N–H and O–H groups in total. The minimum Gasteiger partial charge on any atom is -0.776 e. The van der Waals surface area contributed by atoms with Crippen LogP contribution in [-0.4, -0.2) is 64.3 Å². The van der Waals surface area contributed by atoms with Crippen LogP contribution >= 0.6 is 15.2 Å². The van der Waals surface area contributed by atoms with Gasteiger partial charge in [0, 0.05) is 0 Å². The Morgan fingerprint density at radius 3 is 1.76 bits per heavy atom. The molecule has 0 saturated heterocycles. The Balaban J connectivity index is 0. The molecule has 0 aromatic heterocycles. The summed E-state index contributed by atoms with van der Waals surface area (Å²) in [5, 5.41) is 5.80. The van der Waals surface area contributed by atoms with Crippen molar-refractivity contribution in [3.05, 3.63) is 0 Å². The van der Waals surface area contributed by atoms with Crippen molar-refractivity contribution >= 4 is 52.9 Å². The maximum absolute atomic E-state index is 10.7. The molecule has 0 radical (unpaired) electrons. The van der Waals surface area contributed by atoms with E-state index in [0.29, 0.717) is 19.4 Å². The van der Waals surface area contributed by atoms with Gasteiger partial charge in [0.05, 0.1) is 0 Å². The predicted octanol–water partition coefficient (Wildman–Crippen LogP) is -2.14. The summed E-state index contributed by atoms with van der Waals surface area (Å²) < 4.78 is 21.5. The number of hydrogen-bond acceptors (Lipinski definition) is 6. The standard InChI is InChI=1S/C6H17NO7P2.Ca/c7-5-3-1-2-4-6(8,15(9,10)11)16(12,13)14;/h8H,1-5,7H2,(H2,9,10,11)(H2,12,13,14);/q;+2/p-2. The molecule has 98 valence electrons. The Hall–Kier alpha value is 1.48. The molecular formula is C6H15CaNO7P2. The summed E-state index contributed by atoms with van der Waals surface area (Å²) in [5.41, 5.74) is 5.16. The second kappa shape index (κ2) is 7.92. The molecular weight excluding hydrogens is 300 g/mol. The van der Waals surface area contributed by atoms with E-state index in [9.17, 15) is 24.0 Å². The van der Waals surface area contributed by atoms with Gasteiger partial charge in [-0.1, -0.05) is 6.42 Å². The smallest absolute Gasteiger partial charge is 0.776 e. The first-order chi connectivity index (χ1) is 7.06. The van der Waals surface area contributed by atoms with Crippen LogP contribution in [0, 0.1) is 0 Å². The summed E-state index contributed by atoms with van der Waals surface area (Å²) in [6.07, 6.45) is 0.0902. The topological polar surface area (TPSA) is 167 Å². The number of aliphatic hydroxyl groups is 1. The molecule has 0 rings (SSSR count). The van der Waals surface area contributed by atoms with Crippen LogP contribution in [0.2, 0.25) is 0 Å². The summed E-state index contributed by atoms with van der Waals surface area (Å²) >= 11 is 0. The van der Waals surface area contributed by atoms with E-state index in [0.717, 1.165) is 0 Å². The quantitative estimate of drug-likeness (QED) is 0.234. The zero-order chi connectivity index (χ0) is 13.0. The zero-order valence-corrected chi connectivity index (χ0v) is 13.2. The van der Waals surface area contributed by atoms with Gasteiger partial charge in [-0.3, -0.25) is 0 Å². The predicted molar refractivity (Wildman–Crippen MR) is 57.9 cm³/mol. The van der Waals surface area contributed by atoms with Gasteiger partial charge >= 0.3 is 37.7 Å². The molecule has 0 heterocycles. The molecule has 11 heteroatoms. The van der Waals surface area contributed by atoms with Gasteiger partial charge in [0.2, 0.25) is 0 Å². The second-order valence-corrected chi connectivity index (χ2v) is 7.33. The Kier molecular flexibility index (Phi) is 9.69. The van der Waals surface area contributed by atoms with Gasteiger partial charge in [-0.05, 0) is 25.8 Å². The maximum atomic E-state index is 10.7. The normalized spacial score (nSPS) is 21.8. The molecule has 8 nitrogen and oxygen atoms in total. The van der Waals surface area contributed by atoms with Crippen LogP contribution in [0.5, 0.6) is 0 Å². The molecule has 0 bridgehead atoms. The molecule has 0 spiro atoms. The van der Waals surface area contributed by atoms with Crippen LogP contribution < -0.4 is 15.5 Å². The largest absolute Gasteiger partial charge is 2.00 e. The first kappa shape index (κ1) is 20.8. The molecule has 0 aliphatic carbocycles. The third-order valence-corrected chi connectivity index (χ3v) is 5.90. The maximum Gasteiger partial charge on any atom is 2.00 e. The summed E-state index contributed by atoms with van der Waals surface area (Å²) in [5.74, 6) is 0. The van der Waals surface area contributed by atoms with E-state index in [1.165, 1.54) is 0 Å². The fraction of sp³-hybridized carbons (Fsp3) is 1.00. The average Bonchev–Trinajstić information content (AvgIpc) is 2.08. The molecule has 2 atom stereocenters. The number of hydrogen-bond donors (Lipinski definition) is 4.